The molecule has 0 bridgehead atoms. The number of ether oxygens (including phenoxy) is 1. The van der Waals surface area contributed by atoms with E-state index in [2.05, 4.69) is 10.4 Å². The number of thiophene rings is 1. The van der Waals surface area contributed by atoms with Crippen LogP contribution in [-0.2, 0) is 17.9 Å². The lowest BCUT2D eigenvalue weighted by Gasteiger charge is -2.20. The van der Waals surface area contributed by atoms with Crippen molar-refractivity contribution >= 4 is 33.2 Å². The van der Waals surface area contributed by atoms with Crippen LogP contribution in [0.3, 0.4) is 0 Å². The summed E-state index contributed by atoms with van der Waals surface area (Å²) in [4.78, 5) is 38.6. The van der Waals surface area contributed by atoms with Crippen molar-refractivity contribution in [3.05, 3.63) is 62.1 Å². The molecule has 9 nitrogen and oxygen atoms in total. The van der Waals surface area contributed by atoms with Gasteiger partial charge in [0, 0.05) is 5.54 Å². The second-order valence-electron chi connectivity index (χ2n) is 8.25. The molecule has 4 aromatic rings. The number of hydrogen-bond donors (Lipinski definition) is 1. The van der Waals surface area contributed by atoms with Gasteiger partial charge >= 0.3 is 5.69 Å². The molecular weight excluding hydrogens is 418 g/mol. The van der Waals surface area contributed by atoms with Crippen LogP contribution in [0.4, 0.5) is 0 Å². The Hall–Kier alpha value is -3.40. The molecule has 1 amide bonds. The quantitative estimate of drug-likeness (QED) is 0.510. The number of aromatic nitrogens is 4. The third kappa shape index (κ3) is 3.98. The summed E-state index contributed by atoms with van der Waals surface area (Å²) >= 11 is 1.27. The highest BCUT2D eigenvalue weighted by atomic mass is 32.1. The number of fused-ring (bicyclic) bond motifs is 3. The number of carbonyl (C=O) groups excluding carboxylic acids is 1. The molecule has 1 aromatic carbocycles. The van der Waals surface area contributed by atoms with E-state index in [1.54, 1.807) is 18.6 Å². The summed E-state index contributed by atoms with van der Waals surface area (Å²) in [6.45, 7) is 5.57. The van der Waals surface area contributed by atoms with Crippen molar-refractivity contribution in [2.45, 2.75) is 39.4 Å². The smallest absolute Gasteiger partial charge is 0.352 e. The average molecular weight is 442 g/mol. The number of hydrogen-bond acceptors (Lipinski definition) is 6. The average Bonchev–Trinajstić information content (AvgIpc) is 3.29. The summed E-state index contributed by atoms with van der Waals surface area (Å²) in [5.41, 5.74) is 0.212. The van der Waals surface area contributed by atoms with Crippen LogP contribution in [0.5, 0.6) is 5.75 Å². The van der Waals surface area contributed by atoms with Crippen LogP contribution in [0.25, 0.3) is 16.0 Å². The zero-order valence-electron chi connectivity index (χ0n) is 17.7. The molecule has 0 saturated heterocycles. The standard InChI is InChI=1S/C21H23N5O4S/c1-21(2,3)22-16(27)12-25-20(29)26-15-9-10-31-17(15)18(28)24(19(26)23-25)11-13-5-7-14(30-4)8-6-13/h5-10H,11-12H2,1-4H3,(H,22,27). The van der Waals surface area contributed by atoms with Gasteiger partial charge in [0.15, 0.2) is 0 Å². The van der Waals surface area contributed by atoms with Crippen molar-refractivity contribution in [3.63, 3.8) is 0 Å². The van der Waals surface area contributed by atoms with Crippen LogP contribution in [-0.4, -0.2) is 37.3 Å². The molecule has 162 valence electrons. The third-order valence-electron chi connectivity index (χ3n) is 4.70. The number of benzene rings is 1. The van der Waals surface area contributed by atoms with Gasteiger partial charge in [-0.3, -0.25) is 14.2 Å². The highest BCUT2D eigenvalue weighted by Crippen LogP contribution is 2.18. The number of carbonyl (C=O) groups is 1. The number of methoxy groups -OCH3 is 1. The number of amides is 1. The van der Waals surface area contributed by atoms with Crippen LogP contribution in [0.1, 0.15) is 26.3 Å². The van der Waals surface area contributed by atoms with E-state index < -0.39 is 11.2 Å². The number of nitrogens with one attached hydrogen (secondary N) is 1. The SMILES string of the molecule is COc1ccc(Cn2c(=O)c3sccc3n3c(=O)n(CC(=O)NC(C)(C)C)nc23)cc1. The fourth-order valence-electron chi connectivity index (χ4n) is 3.39. The molecule has 3 heterocycles. The first-order valence-corrected chi connectivity index (χ1v) is 10.6. The van der Waals surface area contributed by atoms with E-state index >= 15 is 0 Å². The fraction of sp³-hybridized carbons (Fsp3) is 0.333. The Kier molecular flexibility index (Phi) is 5.18. The largest absolute Gasteiger partial charge is 0.497 e. The molecule has 4 rings (SSSR count). The van der Waals surface area contributed by atoms with Gasteiger partial charge in [0.05, 0.1) is 19.2 Å². The second-order valence-corrected chi connectivity index (χ2v) is 9.16. The maximum absolute atomic E-state index is 13.2. The van der Waals surface area contributed by atoms with E-state index in [-0.39, 0.29) is 30.3 Å². The Labute approximate surface area is 181 Å². The Morgan fingerprint density at radius 2 is 1.87 bits per heavy atom. The molecule has 0 aliphatic heterocycles. The molecule has 0 aliphatic rings. The maximum atomic E-state index is 13.2. The van der Waals surface area contributed by atoms with E-state index in [0.717, 1.165) is 10.2 Å². The van der Waals surface area contributed by atoms with E-state index in [1.165, 1.54) is 20.3 Å². The third-order valence-corrected chi connectivity index (χ3v) is 5.59. The van der Waals surface area contributed by atoms with Crippen LogP contribution < -0.4 is 21.3 Å². The van der Waals surface area contributed by atoms with Gasteiger partial charge in [-0.1, -0.05) is 12.1 Å². The lowest BCUT2D eigenvalue weighted by molar-refractivity contribution is -0.123. The van der Waals surface area contributed by atoms with Gasteiger partial charge in [-0.15, -0.1) is 16.4 Å². The van der Waals surface area contributed by atoms with Gasteiger partial charge in [-0.25, -0.2) is 13.9 Å². The molecular formula is C21H23N5O4S. The second kappa shape index (κ2) is 7.69. The van der Waals surface area contributed by atoms with Gasteiger partial charge in [0.2, 0.25) is 11.7 Å². The molecule has 0 fully saturated rings. The summed E-state index contributed by atoms with van der Waals surface area (Å²) < 4.78 is 9.59. The monoisotopic (exact) mass is 441 g/mol. The number of rotatable bonds is 5. The van der Waals surface area contributed by atoms with Crippen LogP contribution in [0.15, 0.2) is 45.3 Å². The topological polar surface area (TPSA) is 99.6 Å². The molecule has 31 heavy (non-hydrogen) atoms. The predicted molar refractivity (Wildman–Crippen MR) is 119 cm³/mol. The molecule has 0 radical (unpaired) electrons. The normalized spacial score (nSPS) is 11.9. The Balaban J connectivity index is 1.84. The lowest BCUT2D eigenvalue weighted by atomic mass is 10.1. The summed E-state index contributed by atoms with van der Waals surface area (Å²) in [5.74, 6) is 0.573. The molecule has 0 saturated carbocycles. The van der Waals surface area contributed by atoms with Crippen LogP contribution >= 0.6 is 11.3 Å². The Bertz CT molecular complexity index is 1390. The molecule has 0 aliphatic carbocycles. The minimum Gasteiger partial charge on any atom is -0.497 e. The van der Waals surface area contributed by atoms with E-state index in [9.17, 15) is 14.4 Å². The first-order chi connectivity index (χ1) is 14.7. The minimum atomic E-state index is -0.467. The molecule has 0 atom stereocenters. The van der Waals surface area contributed by atoms with Gasteiger partial charge in [0.1, 0.15) is 17.0 Å². The summed E-state index contributed by atoms with van der Waals surface area (Å²) in [7, 11) is 1.59. The molecule has 1 N–H and O–H groups in total. The molecule has 3 aromatic heterocycles. The van der Waals surface area contributed by atoms with E-state index in [0.29, 0.717) is 16.0 Å². The summed E-state index contributed by atoms with van der Waals surface area (Å²) in [6.07, 6.45) is 0. The van der Waals surface area contributed by atoms with E-state index in [4.69, 9.17) is 4.74 Å². The van der Waals surface area contributed by atoms with E-state index in [1.807, 2.05) is 45.0 Å². The Morgan fingerprint density at radius 1 is 1.16 bits per heavy atom. The fourth-order valence-corrected chi connectivity index (χ4v) is 4.21. The zero-order chi connectivity index (χ0) is 22.3. The van der Waals surface area contributed by atoms with Crippen molar-refractivity contribution in [3.8, 4) is 5.75 Å². The first-order valence-electron chi connectivity index (χ1n) is 9.71. The maximum Gasteiger partial charge on any atom is 0.352 e. The minimum absolute atomic E-state index is 0.195. The predicted octanol–water partition coefficient (Wildman–Crippen LogP) is 1.84. The Morgan fingerprint density at radius 3 is 2.52 bits per heavy atom. The van der Waals surface area contributed by atoms with Crippen LogP contribution in [0, 0.1) is 0 Å². The molecule has 10 heteroatoms. The van der Waals surface area contributed by atoms with Crippen molar-refractivity contribution in [2.75, 3.05) is 7.11 Å². The highest BCUT2D eigenvalue weighted by Gasteiger charge is 2.21. The van der Waals surface area contributed by atoms with Crippen molar-refractivity contribution in [1.29, 1.82) is 0 Å². The van der Waals surface area contributed by atoms with Gasteiger partial charge in [-0.05, 0) is 49.9 Å². The van der Waals surface area contributed by atoms with Gasteiger partial charge < -0.3 is 10.1 Å². The highest BCUT2D eigenvalue weighted by molar-refractivity contribution is 7.17. The summed E-state index contributed by atoms with van der Waals surface area (Å²) in [5, 5.41) is 8.94. The lowest BCUT2D eigenvalue weighted by Crippen LogP contribution is -2.43. The number of nitrogens with zero attached hydrogens (tertiary/aromatic N) is 4. The van der Waals surface area contributed by atoms with Crippen molar-refractivity contribution in [2.24, 2.45) is 0 Å². The summed E-state index contributed by atoms with van der Waals surface area (Å²) in [6, 6.07) is 9.04. The van der Waals surface area contributed by atoms with Gasteiger partial charge in [0.25, 0.3) is 5.56 Å². The van der Waals surface area contributed by atoms with Crippen molar-refractivity contribution < 1.29 is 9.53 Å². The van der Waals surface area contributed by atoms with Crippen molar-refractivity contribution in [1.82, 2.24) is 24.1 Å². The molecule has 0 unspecified atom stereocenters. The zero-order valence-corrected chi connectivity index (χ0v) is 18.5. The van der Waals surface area contributed by atoms with Crippen LogP contribution in [0.2, 0.25) is 0 Å². The first kappa shape index (κ1) is 20.9. The molecule has 0 spiro atoms. The van der Waals surface area contributed by atoms with Gasteiger partial charge in [-0.2, -0.15) is 0 Å².